The molecule has 0 aliphatic heterocycles. The van der Waals surface area contributed by atoms with Crippen molar-refractivity contribution in [1.82, 2.24) is 0 Å². The minimum absolute atomic E-state index is 0.0385. The molecular weight excluding hydrogens is 386 g/mol. The summed E-state index contributed by atoms with van der Waals surface area (Å²) in [6, 6.07) is 16.2. The van der Waals surface area contributed by atoms with Crippen molar-refractivity contribution in [3.05, 3.63) is 75.7 Å². The van der Waals surface area contributed by atoms with Crippen molar-refractivity contribution in [2.24, 2.45) is 0 Å². The van der Waals surface area contributed by atoms with E-state index in [0.717, 1.165) is 32.7 Å². The van der Waals surface area contributed by atoms with Gasteiger partial charge in [0.1, 0.15) is 11.6 Å². The highest BCUT2D eigenvalue weighted by atomic mass is 32.1. The lowest BCUT2D eigenvalue weighted by Crippen LogP contribution is -2.18. The van der Waals surface area contributed by atoms with E-state index in [1.807, 2.05) is 38.1 Å². The highest BCUT2D eigenvalue weighted by molar-refractivity contribution is 7.16. The average molecular weight is 407 g/mol. The SMILES string of the molecule is CCc1c(C)sc(NC(=O)OCC2c3ccccc3-c3ccccc32)c1C(=O)O. The first kappa shape index (κ1) is 19.2. The van der Waals surface area contributed by atoms with Crippen LogP contribution >= 0.6 is 11.3 Å². The first-order valence-electron chi connectivity index (χ1n) is 9.48. The van der Waals surface area contributed by atoms with Crippen LogP contribution in [0, 0.1) is 6.92 Å². The summed E-state index contributed by atoms with van der Waals surface area (Å²) in [4.78, 5) is 25.0. The van der Waals surface area contributed by atoms with Crippen LogP contribution < -0.4 is 5.32 Å². The van der Waals surface area contributed by atoms with Gasteiger partial charge in [0.05, 0.1) is 5.56 Å². The largest absolute Gasteiger partial charge is 0.478 e. The van der Waals surface area contributed by atoms with E-state index in [1.165, 1.54) is 11.3 Å². The van der Waals surface area contributed by atoms with Crippen LogP contribution in [0.25, 0.3) is 11.1 Å². The smallest absolute Gasteiger partial charge is 0.412 e. The molecule has 2 N–H and O–H groups in total. The van der Waals surface area contributed by atoms with Crippen molar-refractivity contribution in [2.75, 3.05) is 11.9 Å². The Balaban J connectivity index is 1.52. The molecule has 3 aromatic rings. The van der Waals surface area contributed by atoms with Gasteiger partial charge in [-0.25, -0.2) is 9.59 Å². The van der Waals surface area contributed by atoms with Crippen LogP contribution in [-0.4, -0.2) is 23.8 Å². The number of carbonyl (C=O) groups is 2. The van der Waals surface area contributed by atoms with Crippen molar-refractivity contribution >= 4 is 28.4 Å². The molecule has 1 aliphatic carbocycles. The molecule has 0 spiro atoms. The fraction of sp³-hybridized carbons (Fsp3) is 0.217. The van der Waals surface area contributed by atoms with E-state index in [0.29, 0.717) is 11.4 Å². The number of fused-ring (bicyclic) bond motifs is 3. The lowest BCUT2D eigenvalue weighted by Gasteiger charge is -2.14. The predicted molar refractivity (Wildman–Crippen MR) is 114 cm³/mol. The molecular formula is C23H21NO4S. The predicted octanol–water partition coefficient (Wildman–Crippen LogP) is 5.68. The van der Waals surface area contributed by atoms with E-state index >= 15 is 0 Å². The second kappa shape index (κ2) is 7.72. The van der Waals surface area contributed by atoms with Crippen LogP contribution in [0.1, 0.15) is 44.8 Å². The number of aryl methyl sites for hydroxylation is 1. The zero-order valence-corrected chi connectivity index (χ0v) is 17.0. The quantitative estimate of drug-likeness (QED) is 0.571. The summed E-state index contributed by atoms with van der Waals surface area (Å²) in [7, 11) is 0. The number of nitrogens with one attached hydrogen (secondary N) is 1. The van der Waals surface area contributed by atoms with Gasteiger partial charge in [-0.1, -0.05) is 55.5 Å². The van der Waals surface area contributed by atoms with E-state index in [1.54, 1.807) is 0 Å². The topological polar surface area (TPSA) is 75.6 Å². The number of carboxylic acids is 1. The molecule has 29 heavy (non-hydrogen) atoms. The Morgan fingerprint density at radius 2 is 1.66 bits per heavy atom. The zero-order chi connectivity index (χ0) is 20.5. The molecule has 2 aromatic carbocycles. The summed E-state index contributed by atoms with van der Waals surface area (Å²) < 4.78 is 5.52. The molecule has 0 unspecified atom stereocenters. The molecule has 1 amide bonds. The van der Waals surface area contributed by atoms with E-state index < -0.39 is 12.1 Å². The standard InChI is InChI=1S/C23H21NO4S/c1-3-14-13(2)29-21(20(14)22(25)26)24-23(27)28-12-19-17-10-6-4-8-15(17)16-9-5-7-11-18(16)19/h4-11,19H,3,12H2,1-2H3,(H,24,27)(H,25,26). The van der Waals surface area contributed by atoms with Gasteiger partial charge in [0.2, 0.25) is 0 Å². The number of hydrogen-bond acceptors (Lipinski definition) is 4. The van der Waals surface area contributed by atoms with Gasteiger partial charge in [-0.2, -0.15) is 0 Å². The Morgan fingerprint density at radius 1 is 1.07 bits per heavy atom. The van der Waals surface area contributed by atoms with E-state index in [-0.39, 0.29) is 18.1 Å². The first-order valence-corrected chi connectivity index (χ1v) is 10.3. The Hall–Kier alpha value is -3.12. The van der Waals surface area contributed by atoms with Crippen LogP contribution in [0.5, 0.6) is 0 Å². The van der Waals surface area contributed by atoms with E-state index in [9.17, 15) is 14.7 Å². The highest BCUT2D eigenvalue weighted by Crippen LogP contribution is 2.44. The average Bonchev–Trinajstić information content (AvgIpc) is 3.20. The third-order valence-electron chi connectivity index (χ3n) is 5.34. The third-order valence-corrected chi connectivity index (χ3v) is 6.40. The first-order chi connectivity index (χ1) is 14.0. The van der Waals surface area contributed by atoms with Gasteiger partial charge in [-0.15, -0.1) is 11.3 Å². The van der Waals surface area contributed by atoms with Gasteiger partial charge in [0, 0.05) is 10.8 Å². The molecule has 148 valence electrons. The fourth-order valence-corrected chi connectivity index (χ4v) is 5.17. The zero-order valence-electron chi connectivity index (χ0n) is 16.2. The summed E-state index contributed by atoms with van der Waals surface area (Å²) >= 11 is 1.26. The van der Waals surface area contributed by atoms with Crippen molar-refractivity contribution in [1.29, 1.82) is 0 Å². The van der Waals surface area contributed by atoms with Gasteiger partial charge in [0.15, 0.2) is 0 Å². The summed E-state index contributed by atoms with van der Waals surface area (Å²) in [6.45, 7) is 3.95. The maximum Gasteiger partial charge on any atom is 0.412 e. The normalized spacial score (nSPS) is 12.3. The van der Waals surface area contributed by atoms with E-state index in [2.05, 4.69) is 29.6 Å². The van der Waals surface area contributed by atoms with Crippen LogP contribution in [0.2, 0.25) is 0 Å². The molecule has 0 bridgehead atoms. The van der Waals surface area contributed by atoms with Crippen molar-refractivity contribution < 1.29 is 19.4 Å². The number of anilines is 1. The van der Waals surface area contributed by atoms with Crippen molar-refractivity contribution in [2.45, 2.75) is 26.2 Å². The summed E-state index contributed by atoms with van der Waals surface area (Å²) in [5.41, 5.74) is 5.49. The van der Waals surface area contributed by atoms with Gasteiger partial charge >= 0.3 is 12.1 Å². The third kappa shape index (κ3) is 3.40. The molecule has 0 fully saturated rings. The Labute approximate surface area is 173 Å². The Morgan fingerprint density at radius 3 is 2.21 bits per heavy atom. The second-order valence-corrected chi connectivity index (χ2v) is 8.17. The number of aromatic carboxylic acids is 1. The number of rotatable bonds is 5. The van der Waals surface area contributed by atoms with Crippen LogP contribution in [0.15, 0.2) is 48.5 Å². The summed E-state index contributed by atoms with van der Waals surface area (Å²) in [5.74, 6) is -1.08. The number of hydrogen-bond donors (Lipinski definition) is 2. The maximum atomic E-state index is 12.5. The fourth-order valence-electron chi connectivity index (χ4n) is 4.05. The molecule has 6 heteroatoms. The molecule has 1 aromatic heterocycles. The van der Waals surface area contributed by atoms with Crippen LogP contribution in [-0.2, 0) is 11.2 Å². The van der Waals surface area contributed by atoms with Crippen molar-refractivity contribution in [3.63, 3.8) is 0 Å². The number of carbonyl (C=O) groups excluding carboxylic acids is 1. The monoisotopic (exact) mass is 407 g/mol. The molecule has 1 aliphatic rings. The van der Waals surface area contributed by atoms with Crippen LogP contribution in [0.3, 0.4) is 0 Å². The minimum Gasteiger partial charge on any atom is -0.478 e. The lowest BCUT2D eigenvalue weighted by molar-refractivity contribution is 0.0697. The molecule has 0 saturated heterocycles. The highest BCUT2D eigenvalue weighted by Gasteiger charge is 2.29. The Bertz CT molecular complexity index is 1060. The molecule has 0 radical (unpaired) electrons. The molecule has 1 heterocycles. The van der Waals surface area contributed by atoms with Gasteiger partial charge in [0.25, 0.3) is 0 Å². The molecule has 5 nitrogen and oxygen atoms in total. The molecule has 0 saturated carbocycles. The number of thiophene rings is 1. The number of ether oxygens (including phenoxy) is 1. The summed E-state index contributed by atoms with van der Waals surface area (Å²) in [6.07, 6.45) is -0.0469. The number of carboxylic acid groups (broad SMARTS) is 1. The van der Waals surface area contributed by atoms with Crippen molar-refractivity contribution in [3.8, 4) is 11.1 Å². The minimum atomic E-state index is -1.04. The van der Waals surface area contributed by atoms with Gasteiger partial charge in [-0.05, 0) is 41.2 Å². The molecule has 4 rings (SSSR count). The van der Waals surface area contributed by atoms with Gasteiger partial charge in [-0.3, -0.25) is 5.32 Å². The Kier molecular flexibility index (Phi) is 5.11. The molecule has 0 atom stereocenters. The number of benzene rings is 2. The van der Waals surface area contributed by atoms with Crippen LogP contribution in [0.4, 0.5) is 9.80 Å². The number of amides is 1. The van der Waals surface area contributed by atoms with E-state index in [4.69, 9.17) is 4.74 Å². The second-order valence-electron chi connectivity index (χ2n) is 6.95. The summed E-state index contributed by atoms with van der Waals surface area (Å²) in [5, 5.41) is 12.5. The lowest BCUT2D eigenvalue weighted by atomic mass is 9.98. The maximum absolute atomic E-state index is 12.5. The van der Waals surface area contributed by atoms with Gasteiger partial charge < -0.3 is 9.84 Å².